The molecular formula is C3H10N2. The summed E-state index contributed by atoms with van der Waals surface area (Å²) >= 11 is 0. The van der Waals surface area contributed by atoms with Gasteiger partial charge in [-0.15, -0.1) is 0 Å². The lowest BCUT2D eigenvalue weighted by atomic mass is 10.4. The molecule has 5 heavy (non-hydrogen) atoms. The van der Waals surface area contributed by atoms with Gasteiger partial charge in [-0.3, -0.25) is 0 Å². The quantitative estimate of drug-likeness (QED) is 0.467. The third-order valence-corrected chi connectivity index (χ3v) is 0.316. The van der Waals surface area contributed by atoms with Gasteiger partial charge in [-0.1, -0.05) is 0 Å². The lowest BCUT2D eigenvalue weighted by Crippen LogP contribution is -2.06. The van der Waals surface area contributed by atoms with Crippen LogP contribution in [0.25, 0.3) is 0 Å². The molecule has 0 atom stereocenters. The molecule has 0 spiro atoms. The molecule has 0 aliphatic heterocycles. The molecule has 0 aromatic rings. The van der Waals surface area contributed by atoms with Crippen LogP contribution in [-0.2, 0) is 0 Å². The molecule has 0 fully saturated rings. The van der Waals surface area contributed by atoms with Crippen molar-refractivity contribution in [1.29, 1.82) is 0 Å². The van der Waals surface area contributed by atoms with Crippen molar-refractivity contribution in [2.75, 3.05) is 13.1 Å². The molecule has 0 amide bonds. The Bertz CT molecular complexity index is 58.8. The predicted molar refractivity (Wildman–Crippen MR) is 22.7 cm³/mol. The SMILES string of the molecule is [2H]N([2H])CCCN([2H])[2H]. The molecule has 0 saturated heterocycles. The number of rotatable bonds is 4. The Labute approximate surface area is 38.0 Å². The molecule has 0 unspecified atom stereocenters. The second kappa shape index (κ2) is 3.92. The zero-order chi connectivity index (χ0) is 7.28. The van der Waals surface area contributed by atoms with E-state index in [0.717, 1.165) is 0 Å². The third-order valence-electron chi connectivity index (χ3n) is 0.316. The standard InChI is InChI=1S/C3H10N2/c4-2-1-3-5/h1-5H2/i/hD4. The van der Waals surface area contributed by atoms with Crippen LogP contribution in [0.4, 0.5) is 0 Å². The van der Waals surface area contributed by atoms with E-state index in [9.17, 15) is 0 Å². The van der Waals surface area contributed by atoms with Crippen LogP contribution in [0.2, 0.25) is 5.65 Å². The maximum Gasteiger partial charge on any atom is 0.118 e. The van der Waals surface area contributed by atoms with E-state index in [2.05, 4.69) is 0 Å². The Kier molecular flexibility index (Phi) is 0.945. The average molecular weight is 78.2 g/mol. The molecular weight excluding hydrogens is 64.0 g/mol. The van der Waals surface area contributed by atoms with Crippen molar-refractivity contribution in [1.82, 2.24) is 0 Å². The minimum Gasteiger partial charge on any atom is -0.330 e. The molecule has 0 aromatic heterocycles. The van der Waals surface area contributed by atoms with Crippen LogP contribution in [0.5, 0.6) is 0 Å². The summed E-state index contributed by atoms with van der Waals surface area (Å²) in [5.41, 5.74) is 1.09. The minimum atomic E-state index is 0.286. The Morgan fingerprint density at radius 3 is 2.40 bits per heavy atom. The fourth-order valence-electron chi connectivity index (χ4n) is 0.0707. The second-order valence-corrected chi connectivity index (χ2v) is 0.801. The number of hydrogen-bond donors (Lipinski definition) is 2. The Morgan fingerprint density at radius 2 is 2.00 bits per heavy atom. The normalized spacial score (nSPS) is 21.2. The first-order valence-corrected chi connectivity index (χ1v) is 1.63. The molecule has 0 saturated carbocycles. The van der Waals surface area contributed by atoms with Gasteiger partial charge in [0.25, 0.3) is 0 Å². The van der Waals surface area contributed by atoms with Crippen molar-refractivity contribution in [3.63, 3.8) is 0 Å². The van der Waals surface area contributed by atoms with Crippen molar-refractivity contribution in [3.05, 3.63) is 0 Å². The van der Waals surface area contributed by atoms with Crippen LogP contribution in [-0.4, -0.2) is 13.1 Å². The van der Waals surface area contributed by atoms with Crippen LogP contribution in [0.3, 0.4) is 0 Å². The summed E-state index contributed by atoms with van der Waals surface area (Å²) in [6.07, 6.45) is 0.514. The van der Waals surface area contributed by atoms with E-state index in [0.29, 0.717) is 17.9 Å². The second-order valence-electron chi connectivity index (χ2n) is 0.801. The van der Waals surface area contributed by atoms with Crippen molar-refractivity contribution < 1.29 is 5.65 Å². The van der Waals surface area contributed by atoms with Crippen molar-refractivity contribution in [2.24, 2.45) is 11.4 Å². The van der Waals surface area contributed by atoms with Gasteiger partial charge >= 0.3 is 0 Å². The van der Waals surface area contributed by atoms with Gasteiger partial charge in [-0.05, 0) is 19.5 Å². The van der Waals surface area contributed by atoms with Gasteiger partial charge in [-0.2, -0.15) is 0 Å². The lowest BCUT2D eigenvalue weighted by molar-refractivity contribution is 0.844. The van der Waals surface area contributed by atoms with E-state index < -0.39 is 0 Å². The molecule has 0 heterocycles. The van der Waals surface area contributed by atoms with Gasteiger partial charge in [0.1, 0.15) is 5.65 Å². The highest BCUT2D eigenvalue weighted by Gasteiger charge is 1.67. The molecule has 0 aliphatic carbocycles. The van der Waals surface area contributed by atoms with Gasteiger partial charge in [0.05, 0.1) is 0 Å². The summed E-state index contributed by atoms with van der Waals surface area (Å²) in [5, 5.41) is 0. The van der Waals surface area contributed by atoms with Crippen LogP contribution < -0.4 is 11.4 Å². The fourth-order valence-corrected chi connectivity index (χ4v) is 0.0707. The zero-order valence-corrected chi connectivity index (χ0v) is 3.02. The highest BCUT2D eigenvalue weighted by Crippen LogP contribution is 1.58. The van der Waals surface area contributed by atoms with Crippen LogP contribution >= 0.6 is 0 Å². The minimum absolute atomic E-state index is 0.286. The van der Waals surface area contributed by atoms with Crippen LogP contribution in [0.15, 0.2) is 0 Å². The summed E-state index contributed by atoms with van der Waals surface area (Å²) in [5.74, 6) is 0. The van der Waals surface area contributed by atoms with E-state index in [-0.39, 0.29) is 13.1 Å². The molecule has 0 rings (SSSR count). The number of nitrogens with two attached hydrogens (primary N) is 2. The van der Waals surface area contributed by atoms with Crippen molar-refractivity contribution in [2.45, 2.75) is 6.42 Å². The number of hydrogen-bond acceptors (Lipinski definition) is 2. The fraction of sp³-hybridized carbons (Fsp3) is 1.00. The maximum absolute atomic E-state index is 6.58. The smallest absolute Gasteiger partial charge is 0.118 e. The van der Waals surface area contributed by atoms with Gasteiger partial charge in [-0.25, -0.2) is 0 Å². The molecule has 0 aliphatic rings. The Balaban J connectivity index is 2.91. The van der Waals surface area contributed by atoms with E-state index in [1.807, 2.05) is 0 Å². The largest absolute Gasteiger partial charge is 0.330 e. The van der Waals surface area contributed by atoms with Gasteiger partial charge in [0.15, 0.2) is 0 Å². The molecule has 2 heteroatoms. The first-order chi connectivity index (χ1) is 4.13. The zero-order valence-electron chi connectivity index (χ0n) is 7.02. The van der Waals surface area contributed by atoms with Crippen LogP contribution in [0.1, 0.15) is 6.42 Å². The van der Waals surface area contributed by atoms with Crippen molar-refractivity contribution in [3.8, 4) is 0 Å². The monoisotopic (exact) mass is 78.1 g/mol. The molecule has 2 nitrogen and oxygen atoms in total. The first kappa shape index (κ1) is 1.21. The molecule has 4 N–H and O–H groups in total. The Morgan fingerprint density at radius 1 is 1.40 bits per heavy atom. The first-order valence-electron chi connectivity index (χ1n) is 3.42. The highest BCUT2D eigenvalue weighted by atomic mass is 14.6. The van der Waals surface area contributed by atoms with Gasteiger partial charge in [0, 0.05) is 0 Å². The molecule has 32 valence electrons. The summed E-state index contributed by atoms with van der Waals surface area (Å²) in [6, 6.07) is 0. The van der Waals surface area contributed by atoms with Gasteiger partial charge in [0.2, 0.25) is 0 Å². The molecule has 0 radical (unpaired) electrons. The summed E-state index contributed by atoms with van der Waals surface area (Å²) in [7, 11) is 0. The van der Waals surface area contributed by atoms with E-state index in [4.69, 9.17) is 5.65 Å². The third kappa shape index (κ3) is 3.92. The average Bonchev–Trinajstić information content (AvgIpc) is 1.63. The van der Waals surface area contributed by atoms with Crippen molar-refractivity contribution >= 4 is 0 Å². The predicted octanol–water partition coefficient (Wildman–Crippen LogP) is -0.706. The Hall–Kier alpha value is -0.0800. The molecule has 0 aromatic carbocycles. The summed E-state index contributed by atoms with van der Waals surface area (Å²) in [6.45, 7) is 0.572. The van der Waals surface area contributed by atoms with E-state index in [1.54, 1.807) is 0 Å². The maximum atomic E-state index is 6.58. The van der Waals surface area contributed by atoms with E-state index >= 15 is 0 Å². The lowest BCUT2D eigenvalue weighted by Gasteiger charge is -1.81. The van der Waals surface area contributed by atoms with Crippen LogP contribution in [0, 0.1) is 0 Å². The highest BCUT2D eigenvalue weighted by molar-refractivity contribution is 4.33. The summed E-state index contributed by atoms with van der Waals surface area (Å²) in [4.78, 5) is 0. The summed E-state index contributed by atoms with van der Waals surface area (Å²) < 4.78 is 26.3. The topological polar surface area (TPSA) is 52.0 Å². The van der Waals surface area contributed by atoms with Gasteiger partial charge < -0.3 is 11.4 Å². The van der Waals surface area contributed by atoms with E-state index in [1.165, 1.54) is 0 Å². The molecule has 0 bridgehead atoms.